The van der Waals surface area contributed by atoms with Gasteiger partial charge in [-0.1, -0.05) is 44.2 Å². The first-order chi connectivity index (χ1) is 7.18. The molecule has 1 aromatic rings. The summed E-state index contributed by atoms with van der Waals surface area (Å²) in [5.41, 5.74) is 1.52. The number of likely N-dealkylation sites (tertiary alicyclic amines) is 1. The van der Waals surface area contributed by atoms with Gasteiger partial charge in [-0.3, -0.25) is 0 Å². The third-order valence-electron chi connectivity index (χ3n) is 3.50. The van der Waals surface area contributed by atoms with Gasteiger partial charge in [0.05, 0.1) is 0 Å². The molecule has 1 aromatic carbocycles. The van der Waals surface area contributed by atoms with Gasteiger partial charge >= 0.3 is 0 Å². The predicted molar refractivity (Wildman–Crippen MR) is 65.0 cm³/mol. The maximum absolute atomic E-state index is 2.41. The van der Waals surface area contributed by atoms with E-state index in [2.05, 4.69) is 56.1 Å². The van der Waals surface area contributed by atoms with Gasteiger partial charge in [-0.15, -0.1) is 0 Å². The number of hydrogen-bond donors (Lipinski definition) is 0. The molecule has 0 N–H and O–H groups in total. The summed E-state index contributed by atoms with van der Waals surface area (Å²) in [5, 5.41) is 0. The summed E-state index contributed by atoms with van der Waals surface area (Å²) in [7, 11) is 2.21. The van der Waals surface area contributed by atoms with Crippen LogP contribution in [-0.4, -0.2) is 25.0 Å². The second-order valence-electron chi connectivity index (χ2n) is 5.16. The Bertz CT molecular complexity index is 298. The lowest BCUT2D eigenvalue weighted by molar-refractivity contribution is 0.0949. The van der Waals surface area contributed by atoms with Crippen LogP contribution in [0.25, 0.3) is 0 Å². The molecule has 0 radical (unpaired) electrons. The van der Waals surface area contributed by atoms with Crippen molar-refractivity contribution in [3.8, 4) is 0 Å². The maximum Gasteiger partial charge on any atom is 0.00249 e. The molecule has 1 heterocycles. The highest BCUT2D eigenvalue weighted by molar-refractivity contribution is 5.22. The molecular weight excluding hydrogens is 182 g/mol. The van der Waals surface area contributed by atoms with Crippen molar-refractivity contribution < 1.29 is 0 Å². The molecule has 1 aliphatic heterocycles. The van der Waals surface area contributed by atoms with Gasteiger partial charge in [0.2, 0.25) is 0 Å². The number of rotatable bonds is 3. The molecule has 2 rings (SSSR count). The standard InChI is InChI=1S/C14H21N/c1-11(2)14(13-9-15(3)10-13)12-7-5-4-6-8-12/h4-8,11,13-14H,9-10H2,1-3H3. The highest BCUT2D eigenvalue weighted by Crippen LogP contribution is 2.36. The Balaban J connectivity index is 2.14. The average molecular weight is 203 g/mol. The fourth-order valence-corrected chi connectivity index (χ4v) is 2.85. The second kappa shape index (κ2) is 4.36. The zero-order valence-electron chi connectivity index (χ0n) is 9.98. The van der Waals surface area contributed by atoms with Crippen LogP contribution in [0, 0.1) is 11.8 Å². The molecular formula is C14H21N. The Hall–Kier alpha value is -0.820. The van der Waals surface area contributed by atoms with Crippen LogP contribution in [0.1, 0.15) is 25.3 Å². The van der Waals surface area contributed by atoms with Crippen molar-refractivity contribution in [2.45, 2.75) is 19.8 Å². The van der Waals surface area contributed by atoms with Gasteiger partial charge in [0.1, 0.15) is 0 Å². The molecule has 1 nitrogen and oxygen atoms in total. The first-order valence-corrected chi connectivity index (χ1v) is 5.92. The van der Waals surface area contributed by atoms with Gasteiger partial charge < -0.3 is 4.90 Å². The largest absolute Gasteiger partial charge is 0.306 e. The number of nitrogens with zero attached hydrogens (tertiary/aromatic N) is 1. The smallest absolute Gasteiger partial charge is 0.00249 e. The van der Waals surface area contributed by atoms with Crippen LogP contribution in [0.3, 0.4) is 0 Å². The van der Waals surface area contributed by atoms with Gasteiger partial charge in [-0.05, 0) is 30.4 Å². The van der Waals surface area contributed by atoms with Crippen molar-refractivity contribution in [2.24, 2.45) is 11.8 Å². The van der Waals surface area contributed by atoms with E-state index in [0.29, 0.717) is 0 Å². The van der Waals surface area contributed by atoms with Crippen molar-refractivity contribution in [1.82, 2.24) is 4.90 Å². The summed E-state index contributed by atoms with van der Waals surface area (Å²) in [5.74, 6) is 2.34. The van der Waals surface area contributed by atoms with Crippen LogP contribution in [0.15, 0.2) is 30.3 Å². The van der Waals surface area contributed by atoms with Gasteiger partial charge in [0.25, 0.3) is 0 Å². The summed E-state index contributed by atoms with van der Waals surface area (Å²) in [6, 6.07) is 11.0. The highest BCUT2D eigenvalue weighted by Gasteiger charge is 2.33. The molecule has 82 valence electrons. The summed E-state index contributed by atoms with van der Waals surface area (Å²) >= 11 is 0. The Morgan fingerprint density at radius 1 is 1.13 bits per heavy atom. The zero-order valence-corrected chi connectivity index (χ0v) is 9.98. The molecule has 15 heavy (non-hydrogen) atoms. The molecule has 1 atom stereocenters. The van der Waals surface area contributed by atoms with Crippen molar-refractivity contribution in [3.63, 3.8) is 0 Å². The summed E-state index contributed by atoms with van der Waals surface area (Å²) in [6.45, 7) is 7.21. The van der Waals surface area contributed by atoms with Crippen LogP contribution < -0.4 is 0 Å². The fraction of sp³-hybridized carbons (Fsp3) is 0.571. The molecule has 0 amide bonds. The molecule has 1 fully saturated rings. The van der Waals surface area contributed by atoms with Gasteiger partial charge in [-0.2, -0.15) is 0 Å². The fourth-order valence-electron chi connectivity index (χ4n) is 2.85. The average Bonchev–Trinajstić information content (AvgIpc) is 2.17. The molecule has 0 saturated carbocycles. The highest BCUT2D eigenvalue weighted by atomic mass is 15.2. The second-order valence-corrected chi connectivity index (χ2v) is 5.16. The Kier molecular flexibility index (Phi) is 3.11. The normalized spacial score (nSPS) is 20.3. The van der Waals surface area contributed by atoms with Crippen LogP contribution in [0.2, 0.25) is 0 Å². The summed E-state index contributed by atoms with van der Waals surface area (Å²) in [6.07, 6.45) is 0. The van der Waals surface area contributed by atoms with E-state index in [1.807, 2.05) is 0 Å². The summed E-state index contributed by atoms with van der Waals surface area (Å²) in [4.78, 5) is 2.41. The van der Waals surface area contributed by atoms with E-state index < -0.39 is 0 Å². The lowest BCUT2D eigenvalue weighted by Gasteiger charge is -2.43. The van der Waals surface area contributed by atoms with Gasteiger partial charge in [0.15, 0.2) is 0 Å². The maximum atomic E-state index is 2.41. The molecule has 0 aliphatic carbocycles. The topological polar surface area (TPSA) is 3.24 Å². The van der Waals surface area contributed by atoms with E-state index >= 15 is 0 Å². The molecule has 1 saturated heterocycles. The Morgan fingerprint density at radius 2 is 1.73 bits per heavy atom. The minimum atomic E-state index is 0.738. The van der Waals surface area contributed by atoms with E-state index in [1.54, 1.807) is 0 Å². The molecule has 0 spiro atoms. The van der Waals surface area contributed by atoms with Crippen molar-refractivity contribution in [2.75, 3.05) is 20.1 Å². The lowest BCUT2D eigenvalue weighted by atomic mass is 9.75. The SMILES string of the molecule is CC(C)C(c1ccccc1)C1CN(C)C1. The van der Waals surface area contributed by atoms with Crippen LogP contribution in [0.4, 0.5) is 0 Å². The van der Waals surface area contributed by atoms with Crippen molar-refractivity contribution >= 4 is 0 Å². The number of benzene rings is 1. The van der Waals surface area contributed by atoms with E-state index in [4.69, 9.17) is 0 Å². The van der Waals surface area contributed by atoms with E-state index in [-0.39, 0.29) is 0 Å². The minimum absolute atomic E-state index is 0.738. The van der Waals surface area contributed by atoms with E-state index in [0.717, 1.165) is 17.8 Å². The Labute approximate surface area is 93.1 Å². The van der Waals surface area contributed by atoms with Gasteiger partial charge in [0, 0.05) is 13.1 Å². The van der Waals surface area contributed by atoms with E-state index in [1.165, 1.54) is 18.7 Å². The van der Waals surface area contributed by atoms with Gasteiger partial charge in [-0.25, -0.2) is 0 Å². The summed E-state index contributed by atoms with van der Waals surface area (Å²) < 4.78 is 0. The van der Waals surface area contributed by atoms with Crippen LogP contribution >= 0.6 is 0 Å². The third-order valence-corrected chi connectivity index (χ3v) is 3.50. The molecule has 0 aromatic heterocycles. The van der Waals surface area contributed by atoms with Crippen LogP contribution in [-0.2, 0) is 0 Å². The number of hydrogen-bond acceptors (Lipinski definition) is 1. The third kappa shape index (κ3) is 2.23. The monoisotopic (exact) mass is 203 g/mol. The minimum Gasteiger partial charge on any atom is -0.306 e. The zero-order chi connectivity index (χ0) is 10.8. The van der Waals surface area contributed by atoms with Crippen molar-refractivity contribution in [3.05, 3.63) is 35.9 Å². The first-order valence-electron chi connectivity index (χ1n) is 5.92. The quantitative estimate of drug-likeness (QED) is 0.730. The van der Waals surface area contributed by atoms with Crippen molar-refractivity contribution in [1.29, 1.82) is 0 Å². The van der Waals surface area contributed by atoms with E-state index in [9.17, 15) is 0 Å². The molecule has 1 heteroatoms. The first kappa shape index (κ1) is 10.7. The molecule has 1 aliphatic rings. The predicted octanol–water partition coefficient (Wildman–Crippen LogP) is 2.99. The molecule has 1 unspecified atom stereocenters. The van der Waals surface area contributed by atoms with Crippen LogP contribution in [0.5, 0.6) is 0 Å². The Morgan fingerprint density at radius 3 is 2.20 bits per heavy atom. The lowest BCUT2D eigenvalue weighted by Crippen LogP contribution is -2.47. The molecule has 0 bridgehead atoms.